The fraction of sp³-hybridized carbons (Fsp3) is 0.211. The van der Waals surface area contributed by atoms with E-state index in [1.807, 2.05) is 54.6 Å². The van der Waals surface area contributed by atoms with E-state index in [9.17, 15) is 4.79 Å². The van der Waals surface area contributed by atoms with Gasteiger partial charge in [0.2, 0.25) is 5.78 Å². The molecule has 0 spiro atoms. The van der Waals surface area contributed by atoms with Crippen molar-refractivity contribution >= 4 is 23.2 Å². The molecule has 2 aromatic rings. The van der Waals surface area contributed by atoms with Crippen LogP contribution in [0.4, 0.5) is 0 Å². The summed E-state index contributed by atoms with van der Waals surface area (Å²) in [7, 11) is 0. The third-order valence-electron chi connectivity index (χ3n) is 3.53. The molecule has 2 nitrogen and oxygen atoms in total. The Bertz CT molecular complexity index is 719. The van der Waals surface area contributed by atoms with E-state index in [0.717, 1.165) is 33.2 Å². The number of fused-ring (bicyclic) bond motifs is 1. The highest BCUT2D eigenvalue weighted by Gasteiger charge is 2.28. The molecule has 0 amide bonds. The Balaban J connectivity index is 2.04. The van der Waals surface area contributed by atoms with E-state index in [1.54, 1.807) is 11.8 Å². The van der Waals surface area contributed by atoms with E-state index in [1.165, 1.54) is 0 Å². The number of benzene rings is 2. The zero-order valence-corrected chi connectivity index (χ0v) is 13.6. The maximum Gasteiger partial charge on any atom is 0.202 e. The lowest BCUT2D eigenvalue weighted by molar-refractivity contribution is 0.104. The van der Waals surface area contributed by atoms with Crippen molar-refractivity contribution in [2.45, 2.75) is 18.7 Å². The molecule has 1 heterocycles. The van der Waals surface area contributed by atoms with Crippen LogP contribution in [0.25, 0.3) is 5.70 Å². The number of rotatable bonds is 4. The number of hydrogen-bond donors (Lipinski definition) is 1. The van der Waals surface area contributed by atoms with Gasteiger partial charge in [0.1, 0.15) is 0 Å². The summed E-state index contributed by atoms with van der Waals surface area (Å²) < 4.78 is 0. The van der Waals surface area contributed by atoms with Gasteiger partial charge in [0.15, 0.2) is 0 Å². The molecular weight excluding hydrogens is 290 g/mol. The van der Waals surface area contributed by atoms with Gasteiger partial charge in [0, 0.05) is 17.0 Å². The number of carbonyl (C=O) groups excluding carboxylic acids is 1. The first-order valence-corrected chi connectivity index (χ1v) is 8.33. The van der Waals surface area contributed by atoms with Crippen LogP contribution in [0.2, 0.25) is 0 Å². The fourth-order valence-corrected chi connectivity index (χ4v) is 3.54. The molecule has 1 aliphatic heterocycles. The van der Waals surface area contributed by atoms with Crippen molar-refractivity contribution in [2.75, 3.05) is 6.54 Å². The molecule has 0 radical (unpaired) electrons. The quantitative estimate of drug-likeness (QED) is 0.838. The first-order valence-electron chi connectivity index (χ1n) is 7.52. The predicted octanol–water partition coefficient (Wildman–Crippen LogP) is 4.59. The Hall–Kier alpha value is -2.00. The third-order valence-corrected chi connectivity index (χ3v) is 4.70. The molecule has 3 heteroatoms. The summed E-state index contributed by atoms with van der Waals surface area (Å²) in [5.41, 5.74) is 2.81. The highest BCUT2D eigenvalue weighted by atomic mass is 32.2. The summed E-state index contributed by atoms with van der Waals surface area (Å²) in [5.74, 6) is 0.638. The summed E-state index contributed by atoms with van der Waals surface area (Å²) >= 11 is 1.57. The summed E-state index contributed by atoms with van der Waals surface area (Å²) in [6, 6.07) is 17.9. The van der Waals surface area contributed by atoms with Gasteiger partial charge in [0.25, 0.3) is 0 Å². The first-order chi connectivity index (χ1) is 10.7. The Morgan fingerprint density at radius 1 is 1.05 bits per heavy atom. The summed E-state index contributed by atoms with van der Waals surface area (Å²) in [4.78, 5) is 14.6. The smallest absolute Gasteiger partial charge is 0.202 e. The van der Waals surface area contributed by atoms with Crippen molar-refractivity contribution in [1.82, 2.24) is 5.32 Å². The van der Waals surface area contributed by atoms with Gasteiger partial charge in [-0.05, 0) is 23.6 Å². The standard InChI is InChI=1S/C19H19NOS/c1-13(2)12-20-17(14-8-4-3-5-9-14)19-18(21)15-10-6-7-11-16(15)22-19/h3-11,13,20H,12H2,1-2H3/b19-17+. The van der Waals surface area contributed by atoms with Gasteiger partial charge in [-0.3, -0.25) is 4.79 Å². The largest absolute Gasteiger partial charge is 0.383 e. The van der Waals surface area contributed by atoms with Crippen LogP contribution in [-0.4, -0.2) is 12.3 Å². The fourth-order valence-electron chi connectivity index (χ4n) is 2.41. The van der Waals surface area contributed by atoms with Crippen molar-refractivity contribution in [3.05, 3.63) is 70.6 Å². The molecule has 2 aromatic carbocycles. The van der Waals surface area contributed by atoms with Crippen molar-refractivity contribution in [2.24, 2.45) is 5.92 Å². The Kier molecular flexibility index (Phi) is 4.34. The topological polar surface area (TPSA) is 29.1 Å². The molecule has 0 aliphatic carbocycles. The Morgan fingerprint density at radius 2 is 1.73 bits per heavy atom. The Morgan fingerprint density at radius 3 is 2.41 bits per heavy atom. The van der Waals surface area contributed by atoms with Crippen molar-refractivity contribution in [3.8, 4) is 0 Å². The highest BCUT2D eigenvalue weighted by molar-refractivity contribution is 8.05. The van der Waals surface area contributed by atoms with Crippen molar-refractivity contribution in [3.63, 3.8) is 0 Å². The molecule has 22 heavy (non-hydrogen) atoms. The highest BCUT2D eigenvalue weighted by Crippen LogP contribution is 2.42. The SMILES string of the molecule is CC(C)CN/C(=C1/Sc2ccccc2C1=O)c1ccccc1. The normalized spacial score (nSPS) is 15.9. The van der Waals surface area contributed by atoms with E-state index in [0.29, 0.717) is 5.92 Å². The summed E-state index contributed by atoms with van der Waals surface area (Å²) in [6.07, 6.45) is 0. The second-order valence-electron chi connectivity index (χ2n) is 5.77. The molecule has 0 aromatic heterocycles. The minimum Gasteiger partial charge on any atom is -0.383 e. The molecule has 0 bridgehead atoms. The van der Waals surface area contributed by atoms with E-state index >= 15 is 0 Å². The average molecular weight is 309 g/mol. The monoisotopic (exact) mass is 309 g/mol. The van der Waals surface area contributed by atoms with Crippen molar-refractivity contribution < 1.29 is 4.79 Å². The maximum atomic E-state index is 12.7. The number of thioether (sulfide) groups is 1. The predicted molar refractivity (Wildman–Crippen MR) is 92.8 cm³/mol. The lowest BCUT2D eigenvalue weighted by Gasteiger charge is -2.15. The van der Waals surface area contributed by atoms with Gasteiger partial charge in [-0.25, -0.2) is 0 Å². The average Bonchev–Trinajstić information content (AvgIpc) is 2.86. The minimum atomic E-state index is 0.121. The molecular formula is C19H19NOS. The third kappa shape index (κ3) is 2.95. The van der Waals surface area contributed by atoms with E-state index in [4.69, 9.17) is 0 Å². The number of allylic oxidation sites excluding steroid dienone is 1. The van der Waals surface area contributed by atoms with Crippen LogP contribution < -0.4 is 5.32 Å². The summed E-state index contributed by atoms with van der Waals surface area (Å²) in [5, 5.41) is 3.48. The van der Waals surface area contributed by atoms with Crippen molar-refractivity contribution in [1.29, 1.82) is 0 Å². The van der Waals surface area contributed by atoms with Gasteiger partial charge >= 0.3 is 0 Å². The van der Waals surface area contributed by atoms with Gasteiger partial charge in [-0.1, -0.05) is 68.1 Å². The molecule has 1 N–H and O–H groups in total. The lowest BCUT2D eigenvalue weighted by atomic mass is 10.1. The van der Waals surface area contributed by atoms with Gasteiger partial charge in [-0.15, -0.1) is 0 Å². The van der Waals surface area contributed by atoms with Crippen LogP contribution in [0.3, 0.4) is 0 Å². The molecule has 1 aliphatic rings. The molecule has 3 rings (SSSR count). The number of carbonyl (C=O) groups is 1. The molecule has 0 unspecified atom stereocenters. The number of ketones is 1. The number of Topliss-reactive ketones (excluding diaryl/α,β-unsaturated/α-hetero) is 1. The number of hydrogen-bond acceptors (Lipinski definition) is 3. The zero-order valence-electron chi connectivity index (χ0n) is 12.8. The van der Waals surface area contributed by atoms with E-state index < -0.39 is 0 Å². The molecule has 112 valence electrons. The van der Waals surface area contributed by atoms with Crippen LogP contribution in [0.15, 0.2) is 64.4 Å². The van der Waals surface area contributed by atoms with Gasteiger partial charge in [0.05, 0.1) is 10.6 Å². The van der Waals surface area contributed by atoms with E-state index in [-0.39, 0.29) is 5.78 Å². The van der Waals surface area contributed by atoms with Crippen LogP contribution >= 0.6 is 11.8 Å². The van der Waals surface area contributed by atoms with Gasteiger partial charge in [-0.2, -0.15) is 0 Å². The maximum absolute atomic E-state index is 12.7. The van der Waals surface area contributed by atoms with Crippen LogP contribution in [0, 0.1) is 5.92 Å². The summed E-state index contributed by atoms with van der Waals surface area (Å²) in [6.45, 7) is 5.18. The Labute approximate surface area is 135 Å². The molecule has 0 atom stereocenters. The second kappa shape index (κ2) is 6.41. The van der Waals surface area contributed by atoms with E-state index in [2.05, 4.69) is 19.2 Å². The van der Waals surface area contributed by atoms with Crippen LogP contribution in [0.5, 0.6) is 0 Å². The molecule has 0 fully saturated rings. The van der Waals surface area contributed by atoms with Gasteiger partial charge < -0.3 is 5.32 Å². The minimum absolute atomic E-state index is 0.121. The second-order valence-corrected chi connectivity index (χ2v) is 6.82. The molecule has 0 saturated carbocycles. The lowest BCUT2D eigenvalue weighted by Crippen LogP contribution is -2.20. The first kappa shape index (κ1) is 14.9. The molecule has 0 saturated heterocycles. The number of nitrogens with one attached hydrogen (secondary N) is 1. The zero-order chi connectivity index (χ0) is 15.5. The van der Waals surface area contributed by atoms with Crippen LogP contribution in [0.1, 0.15) is 29.8 Å². The van der Waals surface area contributed by atoms with Crippen LogP contribution in [-0.2, 0) is 0 Å².